The van der Waals surface area contributed by atoms with Crippen molar-refractivity contribution >= 4 is 10.8 Å². The third-order valence-electron chi connectivity index (χ3n) is 2.29. The third-order valence-corrected chi connectivity index (χ3v) is 2.29. The topological polar surface area (TPSA) is 15.8 Å². The second-order valence-corrected chi connectivity index (χ2v) is 2.97. The predicted octanol–water partition coefficient (Wildman–Crippen LogP) is 2.78. The smallest absolute Gasteiger partial charge is 0.00871 e. The van der Waals surface area contributed by atoms with E-state index in [1.54, 1.807) is 0 Å². The van der Waals surface area contributed by atoms with Crippen LogP contribution in [0.25, 0.3) is 10.8 Å². The maximum atomic E-state index is 3.11. The van der Waals surface area contributed by atoms with Crippen LogP contribution < -0.4 is 0 Å². The number of aromatic amines is 1. The average Bonchev–Trinajstić information content (AvgIpc) is 2.45. The molecule has 1 N–H and O–H groups in total. The Labute approximate surface area is 66.1 Å². The average molecular weight is 145 g/mol. The fraction of sp³-hybridized carbons (Fsp3) is 0.200. The maximum absolute atomic E-state index is 3.11. The Morgan fingerprint density at radius 2 is 1.91 bits per heavy atom. The van der Waals surface area contributed by atoms with Crippen LogP contribution in [0.2, 0.25) is 0 Å². The summed E-state index contributed by atoms with van der Waals surface area (Å²) >= 11 is 0. The molecule has 1 heterocycles. The number of fused-ring (bicyclic) bond motifs is 1. The van der Waals surface area contributed by atoms with Gasteiger partial charge in [-0.1, -0.05) is 12.1 Å². The molecule has 56 valence electrons. The van der Waals surface area contributed by atoms with Crippen LogP contribution in [0.15, 0.2) is 24.5 Å². The van der Waals surface area contributed by atoms with Gasteiger partial charge in [-0.25, -0.2) is 0 Å². The molecule has 1 heteroatoms. The number of nitrogens with one attached hydrogen (secondary N) is 1. The molecular weight excluding hydrogens is 134 g/mol. The molecule has 2 rings (SSSR count). The van der Waals surface area contributed by atoms with E-state index in [0.717, 1.165) is 0 Å². The number of aromatic nitrogens is 1. The number of aryl methyl sites for hydroxylation is 2. The van der Waals surface area contributed by atoms with Crippen LogP contribution in [-0.2, 0) is 0 Å². The van der Waals surface area contributed by atoms with Gasteiger partial charge < -0.3 is 4.98 Å². The number of hydrogen-bond donors (Lipinski definition) is 1. The van der Waals surface area contributed by atoms with E-state index < -0.39 is 0 Å². The Balaban J connectivity index is 2.93. The van der Waals surface area contributed by atoms with Crippen molar-refractivity contribution in [3.8, 4) is 0 Å². The van der Waals surface area contributed by atoms with Crippen molar-refractivity contribution < 1.29 is 0 Å². The van der Waals surface area contributed by atoms with Gasteiger partial charge in [0.1, 0.15) is 0 Å². The summed E-state index contributed by atoms with van der Waals surface area (Å²) in [5, 5.41) is 2.64. The molecular formula is C10H11N. The zero-order valence-corrected chi connectivity index (χ0v) is 6.81. The van der Waals surface area contributed by atoms with Gasteiger partial charge >= 0.3 is 0 Å². The lowest BCUT2D eigenvalue weighted by molar-refractivity contribution is 1.38. The Morgan fingerprint density at radius 3 is 2.73 bits per heavy atom. The van der Waals surface area contributed by atoms with Gasteiger partial charge in [0.15, 0.2) is 0 Å². The van der Waals surface area contributed by atoms with Crippen molar-refractivity contribution in [3.63, 3.8) is 0 Å². The molecule has 11 heavy (non-hydrogen) atoms. The van der Waals surface area contributed by atoms with Crippen molar-refractivity contribution in [2.24, 2.45) is 0 Å². The minimum Gasteiger partial charge on any atom is -0.366 e. The monoisotopic (exact) mass is 145 g/mol. The van der Waals surface area contributed by atoms with Gasteiger partial charge in [0.25, 0.3) is 0 Å². The first-order chi connectivity index (χ1) is 5.29. The van der Waals surface area contributed by atoms with Gasteiger partial charge in [0.2, 0.25) is 0 Å². The summed E-state index contributed by atoms with van der Waals surface area (Å²) in [5.74, 6) is 0. The van der Waals surface area contributed by atoms with E-state index in [4.69, 9.17) is 0 Å². The Morgan fingerprint density at radius 1 is 1.09 bits per heavy atom. The zero-order chi connectivity index (χ0) is 7.84. The lowest BCUT2D eigenvalue weighted by Crippen LogP contribution is -1.78. The lowest BCUT2D eigenvalue weighted by Gasteiger charge is -1.99. The number of rotatable bonds is 0. The van der Waals surface area contributed by atoms with Gasteiger partial charge in [-0.15, -0.1) is 0 Å². The third kappa shape index (κ3) is 0.845. The van der Waals surface area contributed by atoms with E-state index in [-0.39, 0.29) is 0 Å². The van der Waals surface area contributed by atoms with E-state index in [1.807, 2.05) is 6.20 Å². The van der Waals surface area contributed by atoms with Crippen LogP contribution in [0.5, 0.6) is 0 Å². The van der Waals surface area contributed by atoms with Crippen LogP contribution >= 0.6 is 0 Å². The van der Waals surface area contributed by atoms with Crippen LogP contribution in [0.3, 0.4) is 0 Å². The highest BCUT2D eigenvalue weighted by Crippen LogP contribution is 2.20. The normalized spacial score (nSPS) is 10.7. The maximum Gasteiger partial charge on any atom is 0.00871 e. The van der Waals surface area contributed by atoms with Crippen molar-refractivity contribution in [3.05, 3.63) is 35.7 Å². The number of benzene rings is 1. The van der Waals surface area contributed by atoms with E-state index >= 15 is 0 Å². The van der Waals surface area contributed by atoms with Gasteiger partial charge in [0, 0.05) is 17.8 Å². The molecule has 0 bridgehead atoms. The Kier molecular flexibility index (Phi) is 1.25. The van der Waals surface area contributed by atoms with Crippen molar-refractivity contribution in [2.45, 2.75) is 13.8 Å². The summed E-state index contributed by atoms with van der Waals surface area (Å²) in [4.78, 5) is 3.11. The van der Waals surface area contributed by atoms with Crippen molar-refractivity contribution in [2.75, 3.05) is 0 Å². The van der Waals surface area contributed by atoms with Crippen molar-refractivity contribution in [1.82, 2.24) is 4.98 Å². The summed E-state index contributed by atoms with van der Waals surface area (Å²) in [6, 6.07) is 4.31. The minimum absolute atomic E-state index is 1.30. The zero-order valence-electron chi connectivity index (χ0n) is 6.81. The van der Waals surface area contributed by atoms with Crippen LogP contribution in [0.1, 0.15) is 11.1 Å². The molecule has 2 aromatic rings. The molecule has 0 unspecified atom stereocenters. The highest BCUT2D eigenvalue weighted by atomic mass is 14.6. The fourth-order valence-corrected chi connectivity index (χ4v) is 1.39. The molecule has 1 aromatic carbocycles. The highest BCUT2D eigenvalue weighted by molar-refractivity contribution is 5.86. The molecule has 0 aliphatic heterocycles. The molecule has 0 spiro atoms. The Bertz CT molecular complexity index is 385. The predicted molar refractivity (Wildman–Crippen MR) is 47.8 cm³/mol. The molecule has 0 saturated heterocycles. The first-order valence-corrected chi connectivity index (χ1v) is 3.82. The first-order valence-electron chi connectivity index (χ1n) is 3.82. The molecule has 0 amide bonds. The van der Waals surface area contributed by atoms with Crippen LogP contribution in [0, 0.1) is 13.8 Å². The molecule has 1 aromatic heterocycles. The number of H-pyrrole nitrogens is 1. The van der Waals surface area contributed by atoms with E-state index in [1.165, 1.54) is 21.9 Å². The molecule has 0 aliphatic carbocycles. The number of hydrogen-bond acceptors (Lipinski definition) is 0. The van der Waals surface area contributed by atoms with Crippen LogP contribution in [-0.4, -0.2) is 4.98 Å². The molecule has 1 nitrogen and oxygen atoms in total. The van der Waals surface area contributed by atoms with E-state index in [0.29, 0.717) is 0 Å². The van der Waals surface area contributed by atoms with E-state index in [2.05, 4.69) is 37.2 Å². The molecule has 0 saturated carbocycles. The van der Waals surface area contributed by atoms with Gasteiger partial charge in [-0.3, -0.25) is 0 Å². The second kappa shape index (κ2) is 2.12. The van der Waals surface area contributed by atoms with Crippen LogP contribution in [0.4, 0.5) is 0 Å². The Hall–Kier alpha value is -1.24. The van der Waals surface area contributed by atoms with Gasteiger partial charge in [-0.05, 0) is 30.4 Å². The van der Waals surface area contributed by atoms with E-state index in [9.17, 15) is 0 Å². The summed E-state index contributed by atoms with van der Waals surface area (Å²) in [5.41, 5.74) is 2.74. The molecule has 0 fully saturated rings. The molecule has 0 aliphatic rings. The summed E-state index contributed by atoms with van der Waals surface area (Å²) < 4.78 is 0. The summed E-state index contributed by atoms with van der Waals surface area (Å²) in [6.07, 6.45) is 4.08. The lowest BCUT2D eigenvalue weighted by atomic mass is 10.1. The second-order valence-electron chi connectivity index (χ2n) is 2.97. The fourth-order valence-electron chi connectivity index (χ4n) is 1.39. The first kappa shape index (κ1) is 6.47. The SMILES string of the molecule is Cc1ccc2c[nH]cc2c1C. The molecule has 0 atom stereocenters. The highest BCUT2D eigenvalue weighted by Gasteiger charge is 1.98. The van der Waals surface area contributed by atoms with Gasteiger partial charge in [0.05, 0.1) is 0 Å². The summed E-state index contributed by atoms with van der Waals surface area (Å²) in [6.45, 7) is 4.30. The summed E-state index contributed by atoms with van der Waals surface area (Å²) in [7, 11) is 0. The minimum atomic E-state index is 1.30. The van der Waals surface area contributed by atoms with Gasteiger partial charge in [-0.2, -0.15) is 0 Å². The largest absolute Gasteiger partial charge is 0.366 e. The standard InChI is InChI=1S/C10H11N/c1-7-3-4-9-5-11-6-10(9)8(7)2/h3-6,11H,1-2H3. The molecule has 0 radical (unpaired) electrons. The van der Waals surface area contributed by atoms with Crippen molar-refractivity contribution in [1.29, 1.82) is 0 Å². The quantitative estimate of drug-likeness (QED) is 0.586.